The number of carbonyl (C=O) groups excluding carboxylic acids is 1. The van der Waals surface area contributed by atoms with Crippen molar-refractivity contribution in [2.75, 3.05) is 5.32 Å². The van der Waals surface area contributed by atoms with E-state index in [1.165, 1.54) is 5.56 Å². The second-order valence-electron chi connectivity index (χ2n) is 10.2. The average molecular weight is 570 g/mol. The van der Waals surface area contributed by atoms with E-state index in [1.54, 1.807) is 16.7 Å². The fourth-order valence-corrected chi connectivity index (χ4v) is 5.64. The molecule has 2 aliphatic rings. The molecule has 0 radical (unpaired) electrons. The van der Waals surface area contributed by atoms with Crippen molar-refractivity contribution in [3.05, 3.63) is 92.5 Å². The molecule has 2 unspecified atom stereocenters. The van der Waals surface area contributed by atoms with E-state index >= 15 is 0 Å². The molecule has 1 aliphatic carbocycles. The van der Waals surface area contributed by atoms with E-state index in [9.17, 15) is 9.59 Å². The Labute approximate surface area is 239 Å². The van der Waals surface area contributed by atoms with Gasteiger partial charge in [-0.15, -0.1) is 12.4 Å². The van der Waals surface area contributed by atoms with Gasteiger partial charge in [-0.2, -0.15) is 0 Å². The Kier molecular flexibility index (Phi) is 9.30. The fourth-order valence-electron chi connectivity index (χ4n) is 5.31. The summed E-state index contributed by atoms with van der Waals surface area (Å²) in [5.41, 5.74) is 8.69. The first-order valence-corrected chi connectivity index (χ1v) is 13.6. The normalized spacial score (nSPS) is 18.0. The third-order valence-corrected chi connectivity index (χ3v) is 7.93. The van der Waals surface area contributed by atoms with Gasteiger partial charge in [-0.3, -0.25) is 19.6 Å². The number of rotatable bonds is 10. The van der Waals surface area contributed by atoms with Crippen LogP contribution >= 0.6 is 24.0 Å². The smallest absolute Gasteiger partial charge is 0.294 e. The number of halogens is 2. The molecular formula is C29H34Cl2N6O2. The van der Waals surface area contributed by atoms with E-state index < -0.39 is 6.04 Å². The van der Waals surface area contributed by atoms with Gasteiger partial charge >= 0.3 is 0 Å². The first-order valence-electron chi connectivity index (χ1n) is 13.2. The second kappa shape index (κ2) is 12.7. The minimum atomic E-state index is -0.654. The third-order valence-electron chi connectivity index (χ3n) is 7.65. The van der Waals surface area contributed by atoms with Crippen LogP contribution in [0.2, 0.25) is 5.15 Å². The molecule has 2 atom stereocenters. The quantitative estimate of drug-likeness (QED) is 0.203. The summed E-state index contributed by atoms with van der Waals surface area (Å²) in [6.45, 7) is 0.308. The number of benzene rings is 2. The lowest BCUT2D eigenvalue weighted by Gasteiger charge is -2.27. The van der Waals surface area contributed by atoms with Crippen LogP contribution in [0.1, 0.15) is 72.9 Å². The van der Waals surface area contributed by atoms with Crippen LogP contribution in [-0.4, -0.2) is 27.3 Å². The van der Waals surface area contributed by atoms with E-state index in [-0.39, 0.29) is 47.5 Å². The first kappa shape index (κ1) is 28.6. The number of amides is 1. The standard InChI is InChI=1S/C29H33ClN6O2.ClH/c30-25-24-21(9-4-8-18-6-2-1-3-7-18)16-23(36(24)29(38)27(35-25)34-22-10-5-11-22)28(37)33-17-19-12-14-20(15-13-19)26(31)32;/h1-3,6-7,12-15,21-23H,4-5,8-11,16-17H2,(H3,31,32)(H,33,37)(H,34,35);1H. The minimum absolute atomic E-state index is 0. The van der Waals surface area contributed by atoms with Gasteiger partial charge < -0.3 is 16.4 Å². The lowest BCUT2D eigenvalue weighted by molar-refractivity contribution is -0.124. The Morgan fingerprint density at radius 2 is 1.82 bits per heavy atom. The summed E-state index contributed by atoms with van der Waals surface area (Å²) in [6, 6.07) is 17.0. The van der Waals surface area contributed by atoms with E-state index in [4.69, 9.17) is 22.7 Å². The van der Waals surface area contributed by atoms with Gasteiger partial charge in [0, 0.05) is 24.1 Å². The summed E-state index contributed by atoms with van der Waals surface area (Å²) in [4.78, 5) is 31.5. The maximum absolute atomic E-state index is 13.6. The summed E-state index contributed by atoms with van der Waals surface area (Å²) in [5, 5.41) is 14.1. The summed E-state index contributed by atoms with van der Waals surface area (Å²) < 4.78 is 1.58. The molecule has 1 aromatic heterocycles. The molecule has 1 aliphatic heterocycles. The molecule has 1 saturated carbocycles. The number of nitrogens with zero attached hydrogens (tertiary/aromatic N) is 2. The molecule has 39 heavy (non-hydrogen) atoms. The van der Waals surface area contributed by atoms with Crippen LogP contribution in [0, 0.1) is 5.41 Å². The number of hydrogen-bond donors (Lipinski definition) is 4. The second-order valence-corrected chi connectivity index (χ2v) is 10.6. The van der Waals surface area contributed by atoms with Crippen LogP contribution in [0.5, 0.6) is 0 Å². The number of nitrogens with two attached hydrogens (primary N) is 1. The molecule has 1 fully saturated rings. The van der Waals surface area contributed by atoms with Gasteiger partial charge in [0.25, 0.3) is 5.56 Å². The van der Waals surface area contributed by atoms with E-state index in [0.717, 1.165) is 44.1 Å². The Hall–Kier alpha value is -3.36. The predicted molar refractivity (Wildman–Crippen MR) is 157 cm³/mol. The maximum Gasteiger partial charge on any atom is 0.294 e. The highest BCUT2D eigenvalue weighted by atomic mass is 35.5. The Bertz CT molecular complexity index is 1370. The number of hydrogen-bond acceptors (Lipinski definition) is 5. The lowest BCUT2D eigenvalue weighted by atomic mass is 9.93. The van der Waals surface area contributed by atoms with Crippen molar-refractivity contribution in [1.82, 2.24) is 14.9 Å². The van der Waals surface area contributed by atoms with Crippen LogP contribution in [0.3, 0.4) is 0 Å². The number of aryl methyl sites for hydroxylation is 1. The SMILES string of the molecule is Cl.N=C(N)c1ccc(CNC(=O)C2CC(CCCc3ccccc3)c3c(Cl)nc(NC4CCC4)c(=O)n32)cc1. The van der Waals surface area contributed by atoms with Crippen molar-refractivity contribution in [1.29, 1.82) is 5.41 Å². The molecule has 0 bridgehead atoms. The van der Waals surface area contributed by atoms with Crippen LogP contribution in [-0.2, 0) is 17.8 Å². The topological polar surface area (TPSA) is 126 Å². The Morgan fingerprint density at radius 1 is 1.10 bits per heavy atom. The zero-order valence-electron chi connectivity index (χ0n) is 21.7. The summed E-state index contributed by atoms with van der Waals surface area (Å²) >= 11 is 6.70. The molecule has 206 valence electrons. The highest BCUT2D eigenvalue weighted by Gasteiger charge is 2.39. The van der Waals surface area contributed by atoms with Gasteiger partial charge in [-0.25, -0.2) is 4.98 Å². The maximum atomic E-state index is 13.6. The molecule has 0 saturated heterocycles. The molecule has 1 amide bonds. The number of amidine groups is 1. The van der Waals surface area contributed by atoms with Crippen molar-refractivity contribution in [2.45, 2.75) is 69.5 Å². The number of fused-ring (bicyclic) bond motifs is 1. The molecule has 2 heterocycles. The Morgan fingerprint density at radius 3 is 2.46 bits per heavy atom. The van der Waals surface area contributed by atoms with Crippen LogP contribution < -0.4 is 21.9 Å². The number of nitrogen functional groups attached to an aromatic ring is 1. The molecule has 8 nitrogen and oxygen atoms in total. The number of aromatic nitrogens is 2. The Balaban J connectivity index is 0.00000353. The van der Waals surface area contributed by atoms with Gasteiger partial charge in [-0.05, 0) is 56.1 Å². The lowest BCUT2D eigenvalue weighted by Crippen LogP contribution is -2.38. The first-order chi connectivity index (χ1) is 18.4. The van der Waals surface area contributed by atoms with Crippen molar-refractivity contribution >= 4 is 41.6 Å². The van der Waals surface area contributed by atoms with Crippen molar-refractivity contribution in [2.24, 2.45) is 5.73 Å². The van der Waals surface area contributed by atoms with E-state index in [1.807, 2.05) is 30.3 Å². The predicted octanol–water partition coefficient (Wildman–Crippen LogP) is 4.93. The van der Waals surface area contributed by atoms with Gasteiger partial charge in [0.15, 0.2) is 11.0 Å². The summed E-state index contributed by atoms with van der Waals surface area (Å²) in [7, 11) is 0. The number of nitrogens with one attached hydrogen (secondary N) is 3. The highest BCUT2D eigenvalue weighted by Crippen LogP contribution is 2.41. The van der Waals surface area contributed by atoms with Gasteiger partial charge in [-0.1, -0.05) is 66.2 Å². The number of carbonyl (C=O) groups is 1. The monoisotopic (exact) mass is 568 g/mol. The fraction of sp³-hybridized carbons (Fsp3) is 0.379. The summed E-state index contributed by atoms with van der Waals surface area (Å²) in [5.74, 6) is -0.0233. The van der Waals surface area contributed by atoms with E-state index in [2.05, 4.69) is 27.8 Å². The van der Waals surface area contributed by atoms with Crippen LogP contribution in [0.25, 0.3) is 0 Å². The minimum Gasteiger partial charge on any atom is -0.384 e. The average Bonchev–Trinajstić information content (AvgIpc) is 3.29. The molecule has 2 aromatic carbocycles. The third kappa shape index (κ3) is 6.45. The molecule has 5 N–H and O–H groups in total. The van der Waals surface area contributed by atoms with Gasteiger partial charge in [0.05, 0.1) is 5.69 Å². The number of anilines is 1. The van der Waals surface area contributed by atoms with Crippen LogP contribution in [0.15, 0.2) is 59.4 Å². The van der Waals surface area contributed by atoms with E-state index in [0.29, 0.717) is 29.4 Å². The summed E-state index contributed by atoms with van der Waals surface area (Å²) in [6.07, 6.45) is 6.26. The molecule has 0 spiro atoms. The van der Waals surface area contributed by atoms with Gasteiger partial charge in [0.1, 0.15) is 11.9 Å². The van der Waals surface area contributed by atoms with Crippen LogP contribution in [0.4, 0.5) is 5.82 Å². The van der Waals surface area contributed by atoms with Crippen molar-refractivity contribution in [3.8, 4) is 0 Å². The largest absolute Gasteiger partial charge is 0.384 e. The van der Waals surface area contributed by atoms with Crippen molar-refractivity contribution < 1.29 is 4.79 Å². The zero-order chi connectivity index (χ0) is 26.6. The highest BCUT2D eigenvalue weighted by molar-refractivity contribution is 6.30. The van der Waals surface area contributed by atoms with Crippen molar-refractivity contribution in [3.63, 3.8) is 0 Å². The molecular weight excluding hydrogens is 535 g/mol. The molecule has 5 rings (SSSR count). The molecule has 10 heteroatoms. The zero-order valence-corrected chi connectivity index (χ0v) is 23.2. The molecule has 3 aromatic rings. The van der Waals surface area contributed by atoms with Gasteiger partial charge in [0.2, 0.25) is 5.91 Å².